The summed E-state index contributed by atoms with van der Waals surface area (Å²) in [5.74, 6) is -0.700. The first-order chi connectivity index (χ1) is 8.08. The Labute approximate surface area is 111 Å². The number of hydrogen-bond acceptors (Lipinski definition) is 0. The second kappa shape index (κ2) is 5.15. The second-order valence-corrected chi connectivity index (χ2v) is 4.93. The minimum Gasteiger partial charge on any atom is -0.207 e. The third-order valence-electron chi connectivity index (χ3n) is 2.40. The Morgan fingerprint density at radius 2 is 1.65 bits per heavy atom. The fraction of sp³-hybridized carbons (Fsp3) is 0.0769. The molecule has 0 N–H and O–H groups in total. The van der Waals surface area contributed by atoms with E-state index in [1.54, 1.807) is 24.3 Å². The van der Waals surface area contributed by atoms with E-state index in [0.717, 1.165) is 5.56 Å². The van der Waals surface area contributed by atoms with Crippen LogP contribution in [0.5, 0.6) is 0 Å². The van der Waals surface area contributed by atoms with Crippen LogP contribution in [-0.4, -0.2) is 0 Å². The van der Waals surface area contributed by atoms with Crippen LogP contribution in [0.25, 0.3) is 0 Å². The first-order valence-corrected chi connectivity index (χ1v) is 6.22. The molecule has 0 amide bonds. The van der Waals surface area contributed by atoms with Gasteiger partial charge in [-0.1, -0.05) is 45.7 Å². The number of halogens is 4. The van der Waals surface area contributed by atoms with Gasteiger partial charge < -0.3 is 0 Å². The SMILES string of the molecule is Fc1ccc(C(Br)c2ccc(Cl)cc2F)cc1. The topological polar surface area (TPSA) is 0 Å². The molecule has 0 nitrogen and oxygen atoms in total. The lowest BCUT2D eigenvalue weighted by molar-refractivity contribution is 0.613. The normalized spacial score (nSPS) is 12.5. The molecule has 0 bridgehead atoms. The lowest BCUT2D eigenvalue weighted by Gasteiger charge is -2.11. The van der Waals surface area contributed by atoms with E-state index in [9.17, 15) is 8.78 Å². The lowest BCUT2D eigenvalue weighted by Crippen LogP contribution is -1.96. The predicted molar refractivity (Wildman–Crippen MR) is 68.6 cm³/mol. The molecule has 2 aromatic carbocycles. The molecule has 88 valence electrons. The van der Waals surface area contributed by atoms with Gasteiger partial charge in [0.2, 0.25) is 0 Å². The van der Waals surface area contributed by atoms with Crippen LogP contribution in [0.2, 0.25) is 5.02 Å². The van der Waals surface area contributed by atoms with Crippen molar-refractivity contribution in [3.8, 4) is 0 Å². The van der Waals surface area contributed by atoms with Crippen molar-refractivity contribution < 1.29 is 8.78 Å². The molecule has 0 radical (unpaired) electrons. The average molecular weight is 318 g/mol. The second-order valence-electron chi connectivity index (χ2n) is 3.58. The average Bonchev–Trinajstić information content (AvgIpc) is 2.29. The van der Waals surface area contributed by atoms with E-state index in [1.165, 1.54) is 18.2 Å². The highest BCUT2D eigenvalue weighted by Gasteiger charge is 2.14. The first-order valence-electron chi connectivity index (χ1n) is 4.92. The van der Waals surface area contributed by atoms with Gasteiger partial charge in [0.15, 0.2) is 0 Å². The Balaban J connectivity index is 2.36. The van der Waals surface area contributed by atoms with E-state index in [-0.39, 0.29) is 16.5 Å². The minimum absolute atomic E-state index is 0.315. The third kappa shape index (κ3) is 2.85. The van der Waals surface area contributed by atoms with Crippen molar-refractivity contribution in [3.63, 3.8) is 0 Å². The van der Waals surface area contributed by atoms with Crippen LogP contribution < -0.4 is 0 Å². The van der Waals surface area contributed by atoms with Crippen molar-refractivity contribution in [2.24, 2.45) is 0 Å². The standard InChI is InChI=1S/C13H8BrClF2/c14-13(8-1-4-10(16)5-2-8)11-6-3-9(15)7-12(11)17/h1-7,13H. The molecular formula is C13H8BrClF2. The Bertz CT molecular complexity index is 525. The van der Waals surface area contributed by atoms with Crippen LogP contribution in [0.3, 0.4) is 0 Å². The van der Waals surface area contributed by atoms with Gasteiger partial charge in [0.25, 0.3) is 0 Å². The van der Waals surface area contributed by atoms with Gasteiger partial charge in [-0.05, 0) is 29.8 Å². The van der Waals surface area contributed by atoms with E-state index in [4.69, 9.17) is 11.6 Å². The van der Waals surface area contributed by atoms with Crippen LogP contribution in [-0.2, 0) is 0 Å². The fourth-order valence-corrected chi connectivity index (χ4v) is 2.35. The Morgan fingerprint density at radius 3 is 2.24 bits per heavy atom. The molecule has 0 saturated carbocycles. The summed E-state index contributed by atoms with van der Waals surface area (Å²) in [6.07, 6.45) is 0. The van der Waals surface area contributed by atoms with Crippen molar-refractivity contribution in [1.29, 1.82) is 0 Å². The Kier molecular flexibility index (Phi) is 3.79. The lowest BCUT2D eigenvalue weighted by atomic mass is 10.0. The molecule has 2 rings (SSSR count). The van der Waals surface area contributed by atoms with Gasteiger partial charge >= 0.3 is 0 Å². The molecule has 4 heteroatoms. The quantitative estimate of drug-likeness (QED) is 0.676. The van der Waals surface area contributed by atoms with Gasteiger partial charge in [-0.2, -0.15) is 0 Å². The summed E-state index contributed by atoms with van der Waals surface area (Å²) in [5.41, 5.74) is 1.26. The summed E-state index contributed by atoms with van der Waals surface area (Å²) in [6.45, 7) is 0. The number of rotatable bonds is 2. The van der Waals surface area contributed by atoms with Gasteiger partial charge in [-0.15, -0.1) is 0 Å². The summed E-state index contributed by atoms with van der Waals surface area (Å²) in [5, 5.41) is 0.352. The van der Waals surface area contributed by atoms with E-state index in [2.05, 4.69) is 15.9 Å². The monoisotopic (exact) mass is 316 g/mol. The largest absolute Gasteiger partial charge is 0.207 e. The summed E-state index contributed by atoms with van der Waals surface area (Å²) in [4.78, 5) is -0.319. The minimum atomic E-state index is -0.385. The molecule has 0 fully saturated rings. The molecule has 1 unspecified atom stereocenters. The zero-order valence-corrected chi connectivity index (χ0v) is 11.0. The highest BCUT2D eigenvalue weighted by atomic mass is 79.9. The molecule has 0 saturated heterocycles. The predicted octanol–water partition coefficient (Wildman–Crippen LogP) is 5.10. The number of alkyl halides is 1. The maximum atomic E-state index is 13.7. The van der Waals surface area contributed by atoms with Gasteiger partial charge in [0, 0.05) is 10.6 Å². The number of benzene rings is 2. The van der Waals surface area contributed by atoms with Crippen LogP contribution >= 0.6 is 27.5 Å². The van der Waals surface area contributed by atoms with E-state index in [1.807, 2.05) is 0 Å². The van der Waals surface area contributed by atoms with Gasteiger partial charge in [0.05, 0.1) is 4.83 Å². The van der Waals surface area contributed by atoms with Gasteiger partial charge in [-0.3, -0.25) is 0 Å². The van der Waals surface area contributed by atoms with Crippen LogP contribution in [0.4, 0.5) is 8.78 Å². The van der Waals surface area contributed by atoms with Gasteiger partial charge in [0.1, 0.15) is 11.6 Å². The van der Waals surface area contributed by atoms with Crippen LogP contribution in [0, 0.1) is 11.6 Å². The molecule has 0 aliphatic heterocycles. The first kappa shape index (κ1) is 12.5. The van der Waals surface area contributed by atoms with Crippen molar-refractivity contribution in [2.75, 3.05) is 0 Å². The van der Waals surface area contributed by atoms with Crippen molar-refractivity contribution in [2.45, 2.75) is 4.83 Å². The maximum Gasteiger partial charge on any atom is 0.129 e. The fourth-order valence-electron chi connectivity index (χ4n) is 1.52. The maximum absolute atomic E-state index is 13.7. The molecule has 0 spiro atoms. The molecule has 0 aliphatic rings. The molecule has 17 heavy (non-hydrogen) atoms. The highest BCUT2D eigenvalue weighted by molar-refractivity contribution is 9.09. The highest BCUT2D eigenvalue weighted by Crippen LogP contribution is 2.33. The zero-order chi connectivity index (χ0) is 12.4. The summed E-state index contributed by atoms with van der Waals surface area (Å²) >= 11 is 9.07. The molecular weight excluding hydrogens is 309 g/mol. The van der Waals surface area contributed by atoms with Crippen molar-refractivity contribution >= 4 is 27.5 Å². The Morgan fingerprint density at radius 1 is 1.00 bits per heavy atom. The van der Waals surface area contributed by atoms with E-state index < -0.39 is 0 Å². The summed E-state index contributed by atoms with van der Waals surface area (Å²) < 4.78 is 26.5. The van der Waals surface area contributed by atoms with Crippen LogP contribution in [0.1, 0.15) is 16.0 Å². The van der Waals surface area contributed by atoms with Crippen molar-refractivity contribution in [3.05, 3.63) is 70.2 Å². The molecule has 0 heterocycles. The van der Waals surface area contributed by atoms with Crippen LogP contribution in [0.15, 0.2) is 42.5 Å². The van der Waals surface area contributed by atoms with Crippen molar-refractivity contribution in [1.82, 2.24) is 0 Å². The zero-order valence-electron chi connectivity index (χ0n) is 8.63. The number of hydrogen-bond donors (Lipinski definition) is 0. The van der Waals surface area contributed by atoms with E-state index in [0.29, 0.717) is 10.6 Å². The summed E-state index contributed by atoms with van der Waals surface area (Å²) in [7, 11) is 0. The van der Waals surface area contributed by atoms with Gasteiger partial charge in [-0.25, -0.2) is 8.78 Å². The molecule has 1 atom stereocenters. The third-order valence-corrected chi connectivity index (χ3v) is 3.66. The Hall–Kier alpha value is -0.930. The smallest absolute Gasteiger partial charge is 0.129 e. The van der Waals surface area contributed by atoms with E-state index >= 15 is 0 Å². The molecule has 2 aromatic rings. The molecule has 0 aromatic heterocycles. The summed E-state index contributed by atoms with van der Waals surface area (Å²) in [6, 6.07) is 10.4. The molecule has 0 aliphatic carbocycles.